The quantitative estimate of drug-likeness (QED) is 0.799. The molecule has 0 spiro atoms. The fraction of sp³-hybridized carbons (Fsp3) is 0.533. The fourth-order valence-electron chi connectivity index (χ4n) is 3.40. The van der Waals surface area contributed by atoms with Crippen LogP contribution in [0.5, 0.6) is 0 Å². The van der Waals surface area contributed by atoms with E-state index in [1.807, 2.05) is 0 Å². The molecule has 18 heavy (non-hydrogen) atoms. The number of hydrogen-bond donors (Lipinski definition) is 1. The molecule has 1 saturated heterocycles. The maximum Gasteiger partial charge on any atom is 0.276 e. The van der Waals surface area contributed by atoms with Gasteiger partial charge < -0.3 is 5.32 Å². The van der Waals surface area contributed by atoms with E-state index < -0.39 is 0 Å². The molecular weight excluding hydrogens is 219 g/mol. The SMILES string of the molecule is N#CB1Cc2cccc(CC3CCNCC3)c2C1. The third-order valence-corrected chi connectivity index (χ3v) is 4.44. The Morgan fingerprint density at radius 2 is 2.11 bits per heavy atom. The maximum absolute atomic E-state index is 9.09. The van der Waals surface area contributed by atoms with Gasteiger partial charge in [0.2, 0.25) is 0 Å². The number of nitriles is 1. The van der Waals surface area contributed by atoms with Gasteiger partial charge in [0.15, 0.2) is 0 Å². The lowest BCUT2D eigenvalue weighted by Crippen LogP contribution is -2.28. The molecule has 1 N–H and O–H groups in total. The Balaban J connectivity index is 1.77. The van der Waals surface area contributed by atoms with E-state index in [2.05, 4.69) is 29.5 Å². The summed E-state index contributed by atoms with van der Waals surface area (Å²) in [6.07, 6.45) is 5.75. The highest BCUT2D eigenvalue weighted by Gasteiger charge is 2.27. The number of fused-ring (bicyclic) bond motifs is 1. The van der Waals surface area contributed by atoms with Crippen LogP contribution in [0.3, 0.4) is 0 Å². The van der Waals surface area contributed by atoms with Gasteiger partial charge in [-0.15, -0.1) is 0 Å². The zero-order valence-corrected chi connectivity index (χ0v) is 10.8. The summed E-state index contributed by atoms with van der Waals surface area (Å²) in [5.74, 6) is 3.26. The van der Waals surface area contributed by atoms with Crippen molar-refractivity contribution in [3.8, 4) is 5.97 Å². The first kappa shape index (κ1) is 11.8. The van der Waals surface area contributed by atoms with Gasteiger partial charge in [0.25, 0.3) is 6.71 Å². The highest BCUT2D eigenvalue weighted by Crippen LogP contribution is 2.28. The van der Waals surface area contributed by atoms with Crippen LogP contribution < -0.4 is 5.32 Å². The van der Waals surface area contributed by atoms with Gasteiger partial charge in [-0.2, -0.15) is 0 Å². The molecular formula is C15H19BN2. The van der Waals surface area contributed by atoms with Crippen LogP contribution in [0.2, 0.25) is 0 Å². The Morgan fingerprint density at radius 3 is 2.89 bits per heavy atom. The topological polar surface area (TPSA) is 35.8 Å². The Bertz CT molecular complexity index is 472. The Labute approximate surface area is 109 Å². The lowest BCUT2D eigenvalue weighted by molar-refractivity contribution is 0.372. The molecule has 92 valence electrons. The Hall–Kier alpha value is -1.27. The van der Waals surface area contributed by atoms with E-state index in [4.69, 9.17) is 5.26 Å². The molecule has 3 rings (SSSR count). The largest absolute Gasteiger partial charge is 0.317 e. The number of rotatable bonds is 2. The van der Waals surface area contributed by atoms with Crippen LogP contribution in [0.1, 0.15) is 29.5 Å². The van der Waals surface area contributed by atoms with Crippen molar-refractivity contribution in [2.75, 3.05) is 13.1 Å². The lowest BCUT2D eigenvalue weighted by atomic mass is 9.49. The van der Waals surface area contributed by atoms with Crippen molar-refractivity contribution < 1.29 is 0 Å². The molecule has 0 amide bonds. The van der Waals surface area contributed by atoms with Crippen LogP contribution in [-0.2, 0) is 19.1 Å². The summed E-state index contributed by atoms with van der Waals surface area (Å²) < 4.78 is 0. The molecule has 0 bridgehead atoms. The highest BCUT2D eigenvalue weighted by atomic mass is 14.9. The molecule has 3 heteroatoms. The average molecular weight is 238 g/mol. The van der Waals surface area contributed by atoms with Crippen molar-refractivity contribution in [2.24, 2.45) is 5.92 Å². The minimum atomic E-state index is 0.217. The molecule has 2 aliphatic rings. The fourth-order valence-corrected chi connectivity index (χ4v) is 3.40. The zero-order valence-electron chi connectivity index (χ0n) is 10.8. The third kappa shape index (κ3) is 2.30. The molecule has 1 aromatic rings. The zero-order chi connectivity index (χ0) is 12.4. The van der Waals surface area contributed by atoms with Crippen LogP contribution in [0.4, 0.5) is 0 Å². The summed E-state index contributed by atoms with van der Waals surface area (Å²) in [5, 5.41) is 12.5. The minimum Gasteiger partial charge on any atom is -0.317 e. The number of benzene rings is 1. The van der Waals surface area contributed by atoms with Gasteiger partial charge in [0, 0.05) is 5.97 Å². The maximum atomic E-state index is 9.09. The van der Waals surface area contributed by atoms with E-state index in [1.165, 1.54) is 49.0 Å². The first-order chi connectivity index (χ1) is 8.86. The standard InChI is InChI=1S/C15H19BN2/c17-11-16-9-14-3-1-2-13(15(14)10-16)8-12-4-6-18-7-5-12/h1-3,12,18H,4-10H2. The van der Waals surface area contributed by atoms with E-state index in [9.17, 15) is 0 Å². The summed E-state index contributed by atoms with van der Waals surface area (Å²) in [6, 6.07) is 6.66. The smallest absolute Gasteiger partial charge is 0.276 e. The third-order valence-electron chi connectivity index (χ3n) is 4.44. The molecule has 0 unspecified atom stereocenters. The van der Waals surface area contributed by atoms with Crippen LogP contribution in [0.25, 0.3) is 0 Å². The van der Waals surface area contributed by atoms with E-state index in [-0.39, 0.29) is 6.71 Å². The molecule has 0 aliphatic carbocycles. The predicted octanol–water partition coefficient (Wildman–Crippen LogP) is 1.96. The van der Waals surface area contributed by atoms with Crippen molar-refractivity contribution in [2.45, 2.75) is 31.9 Å². The highest BCUT2D eigenvalue weighted by molar-refractivity contribution is 6.67. The Morgan fingerprint density at radius 1 is 1.28 bits per heavy atom. The molecule has 0 atom stereocenters. The van der Waals surface area contributed by atoms with Gasteiger partial charge in [0.1, 0.15) is 0 Å². The monoisotopic (exact) mass is 238 g/mol. The molecule has 0 radical (unpaired) electrons. The molecule has 2 aliphatic heterocycles. The lowest BCUT2D eigenvalue weighted by Gasteiger charge is -2.23. The predicted molar refractivity (Wildman–Crippen MR) is 74.5 cm³/mol. The number of hydrogen-bond acceptors (Lipinski definition) is 2. The van der Waals surface area contributed by atoms with Crippen molar-refractivity contribution in [3.63, 3.8) is 0 Å². The van der Waals surface area contributed by atoms with Crippen LogP contribution in [-0.4, -0.2) is 19.8 Å². The second-order valence-electron chi connectivity index (χ2n) is 5.69. The van der Waals surface area contributed by atoms with E-state index in [0.717, 1.165) is 18.6 Å². The summed E-state index contributed by atoms with van der Waals surface area (Å²) in [7, 11) is 0. The van der Waals surface area contributed by atoms with Crippen molar-refractivity contribution >= 4 is 6.71 Å². The normalized spacial score (nSPS) is 19.6. The molecule has 1 aromatic carbocycles. The van der Waals surface area contributed by atoms with E-state index >= 15 is 0 Å². The van der Waals surface area contributed by atoms with Gasteiger partial charge in [-0.1, -0.05) is 23.8 Å². The Kier molecular flexibility index (Phi) is 3.38. The molecule has 2 heterocycles. The summed E-state index contributed by atoms with van der Waals surface area (Å²) in [6.45, 7) is 2.55. The van der Waals surface area contributed by atoms with Gasteiger partial charge in [-0.25, -0.2) is 5.26 Å². The second-order valence-corrected chi connectivity index (χ2v) is 5.69. The van der Waals surface area contributed by atoms with Gasteiger partial charge in [-0.05, 0) is 62.0 Å². The number of nitrogens with zero attached hydrogens (tertiary/aromatic N) is 1. The minimum absolute atomic E-state index is 0.217. The average Bonchev–Trinajstić information content (AvgIpc) is 2.84. The second kappa shape index (κ2) is 5.16. The van der Waals surface area contributed by atoms with E-state index in [0.29, 0.717) is 0 Å². The first-order valence-corrected chi connectivity index (χ1v) is 7.07. The molecule has 0 aromatic heterocycles. The van der Waals surface area contributed by atoms with Crippen molar-refractivity contribution in [3.05, 3.63) is 34.9 Å². The van der Waals surface area contributed by atoms with E-state index in [1.54, 1.807) is 0 Å². The van der Waals surface area contributed by atoms with Gasteiger partial charge in [0.05, 0.1) is 0 Å². The number of piperidine rings is 1. The van der Waals surface area contributed by atoms with Crippen LogP contribution >= 0.6 is 0 Å². The number of nitrogens with one attached hydrogen (secondary N) is 1. The van der Waals surface area contributed by atoms with Gasteiger partial charge in [-0.3, -0.25) is 0 Å². The molecule has 2 nitrogen and oxygen atoms in total. The van der Waals surface area contributed by atoms with Crippen molar-refractivity contribution in [1.29, 1.82) is 5.26 Å². The summed E-state index contributed by atoms with van der Waals surface area (Å²) in [5.41, 5.74) is 4.42. The molecule has 0 saturated carbocycles. The van der Waals surface area contributed by atoms with Crippen LogP contribution in [0, 0.1) is 17.1 Å². The molecule has 1 fully saturated rings. The van der Waals surface area contributed by atoms with Crippen LogP contribution in [0.15, 0.2) is 18.2 Å². The van der Waals surface area contributed by atoms with Crippen molar-refractivity contribution in [1.82, 2.24) is 5.32 Å². The summed E-state index contributed by atoms with van der Waals surface area (Å²) >= 11 is 0. The van der Waals surface area contributed by atoms with Gasteiger partial charge >= 0.3 is 0 Å². The first-order valence-electron chi connectivity index (χ1n) is 7.07. The summed E-state index contributed by atoms with van der Waals surface area (Å²) in [4.78, 5) is 0.